The van der Waals surface area contributed by atoms with Gasteiger partial charge in [-0.15, -0.1) is 11.8 Å². The Labute approximate surface area is 229 Å². The van der Waals surface area contributed by atoms with Gasteiger partial charge in [0, 0.05) is 29.0 Å². The van der Waals surface area contributed by atoms with Gasteiger partial charge in [-0.3, -0.25) is 10.1 Å². The summed E-state index contributed by atoms with van der Waals surface area (Å²) in [5, 5.41) is 27.5. The van der Waals surface area contributed by atoms with Crippen molar-refractivity contribution < 1.29 is 24.5 Å². The minimum Gasteiger partial charge on any atom is -0.445 e. The van der Waals surface area contributed by atoms with Gasteiger partial charge in [0.15, 0.2) is 0 Å². The SMILES string of the molecule is CSc1cccc(NC(=O)OC2CCC3(C)C(CC(=O)NCc4ccccc4)C(O)CCC3C2(C)CO)c1. The number of ether oxygens (including phenoxy) is 1. The van der Waals surface area contributed by atoms with Gasteiger partial charge in [0.05, 0.1) is 12.7 Å². The Hall–Kier alpha value is -2.55. The number of fused-ring (bicyclic) bond motifs is 1. The van der Waals surface area contributed by atoms with E-state index in [4.69, 9.17) is 4.74 Å². The van der Waals surface area contributed by atoms with Crippen LogP contribution in [0.25, 0.3) is 0 Å². The Morgan fingerprint density at radius 1 is 1.08 bits per heavy atom. The van der Waals surface area contributed by atoms with Gasteiger partial charge < -0.3 is 20.3 Å². The maximum atomic E-state index is 13.0. The average molecular weight is 541 g/mol. The molecule has 2 aliphatic carbocycles. The zero-order valence-corrected chi connectivity index (χ0v) is 23.3. The number of hydrogen-bond donors (Lipinski definition) is 4. The first-order valence-corrected chi connectivity index (χ1v) is 14.6. The number of carbonyl (C=O) groups is 2. The average Bonchev–Trinajstić information content (AvgIpc) is 2.92. The van der Waals surface area contributed by atoms with E-state index >= 15 is 0 Å². The number of aliphatic hydroxyl groups excluding tert-OH is 2. The van der Waals surface area contributed by atoms with E-state index in [1.54, 1.807) is 11.8 Å². The number of amides is 2. The molecule has 7 nitrogen and oxygen atoms in total. The lowest BCUT2D eigenvalue weighted by Gasteiger charge is -2.60. The quantitative estimate of drug-likeness (QED) is 0.342. The summed E-state index contributed by atoms with van der Waals surface area (Å²) >= 11 is 1.59. The second-order valence-electron chi connectivity index (χ2n) is 11.2. The molecule has 2 fully saturated rings. The molecule has 2 aromatic rings. The van der Waals surface area contributed by atoms with E-state index < -0.39 is 23.7 Å². The Morgan fingerprint density at radius 2 is 1.84 bits per heavy atom. The van der Waals surface area contributed by atoms with Crippen molar-refractivity contribution in [3.8, 4) is 0 Å². The molecule has 0 aromatic heterocycles. The summed E-state index contributed by atoms with van der Waals surface area (Å²) in [7, 11) is 0. The van der Waals surface area contributed by atoms with Gasteiger partial charge in [-0.25, -0.2) is 4.79 Å². The van der Waals surface area contributed by atoms with Gasteiger partial charge >= 0.3 is 6.09 Å². The molecule has 2 aliphatic rings. The smallest absolute Gasteiger partial charge is 0.411 e. The van der Waals surface area contributed by atoms with Gasteiger partial charge in [-0.05, 0) is 73.0 Å². The van der Waals surface area contributed by atoms with Crippen LogP contribution in [0.3, 0.4) is 0 Å². The van der Waals surface area contributed by atoms with Gasteiger partial charge in [0.25, 0.3) is 0 Å². The van der Waals surface area contributed by atoms with Crippen LogP contribution in [0.5, 0.6) is 0 Å². The van der Waals surface area contributed by atoms with Crippen LogP contribution in [0.15, 0.2) is 59.5 Å². The second-order valence-corrected chi connectivity index (χ2v) is 12.1. The van der Waals surface area contributed by atoms with E-state index in [1.807, 2.05) is 67.8 Å². The molecule has 38 heavy (non-hydrogen) atoms. The Balaban J connectivity index is 1.45. The van der Waals surface area contributed by atoms with E-state index in [2.05, 4.69) is 17.6 Å². The molecule has 2 saturated carbocycles. The van der Waals surface area contributed by atoms with Gasteiger partial charge in [-0.2, -0.15) is 0 Å². The van der Waals surface area contributed by atoms with Crippen molar-refractivity contribution >= 4 is 29.4 Å². The van der Waals surface area contributed by atoms with Crippen molar-refractivity contribution in [3.05, 3.63) is 60.2 Å². The molecule has 0 bridgehead atoms. The van der Waals surface area contributed by atoms with E-state index in [0.29, 0.717) is 37.9 Å². The Morgan fingerprint density at radius 3 is 2.55 bits per heavy atom. The minimum absolute atomic E-state index is 0.0123. The van der Waals surface area contributed by atoms with Crippen molar-refractivity contribution in [1.29, 1.82) is 0 Å². The minimum atomic E-state index is -0.690. The summed E-state index contributed by atoms with van der Waals surface area (Å²) in [5.41, 5.74) is 0.626. The molecule has 6 atom stereocenters. The van der Waals surface area contributed by atoms with Crippen LogP contribution in [0.4, 0.5) is 10.5 Å². The lowest BCUT2D eigenvalue weighted by molar-refractivity contribution is -0.185. The summed E-state index contributed by atoms with van der Waals surface area (Å²) in [4.78, 5) is 26.9. The van der Waals surface area contributed by atoms with Crippen LogP contribution in [-0.4, -0.2) is 47.3 Å². The fourth-order valence-electron chi connectivity index (χ4n) is 6.83. The number of aliphatic hydroxyl groups is 2. The molecule has 2 amide bonds. The molecule has 2 aromatic carbocycles. The highest BCUT2D eigenvalue weighted by Crippen LogP contribution is 2.61. The van der Waals surface area contributed by atoms with Crippen LogP contribution in [0.2, 0.25) is 0 Å². The zero-order chi connectivity index (χ0) is 27.3. The number of carbonyl (C=O) groups excluding carboxylic acids is 2. The van der Waals surface area contributed by atoms with Gasteiger partial charge in [-0.1, -0.05) is 50.2 Å². The maximum absolute atomic E-state index is 13.0. The first-order valence-electron chi connectivity index (χ1n) is 13.4. The molecule has 0 heterocycles. The number of hydrogen-bond acceptors (Lipinski definition) is 6. The Bertz CT molecular complexity index is 1110. The van der Waals surface area contributed by atoms with Gasteiger partial charge in [0.2, 0.25) is 5.91 Å². The summed E-state index contributed by atoms with van der Waals surface area (Å²) in [6, 6.07) is 17.3. The summed E-state index contributed by atoms with van der Waals surface area (Å²) < 4.78 is 5.94. The van der Waals surface area contributed by atoms with E-state index in [1.165, 1.54) is 0 Å². The topological polar surface area (TPSA) is 108 Å². The molecule has 8 heteroatoms. The van der Waals surface area contributed by atoms with Crippen molar-refractivity contribution in [2.24, 2.45) is 22.7 Å². The highest BCUT2D eigenvalue weighted by molar-refractivity contribution is 7.98. The van der Waals surface area contributed by atoms with E-state index in [-0.39, 0.29) is 36.2 Å². The van der Waals surface area contributed by atoms with Crippen LogP contribution in [0, 0.1) is 22.7 Å². The molecule has 0 aliphatic heterocycles. The molecule has 6 unspecified atom stereocenters. The third kappa shape index (κ3) is 6.03. The highest BCUT2D eigenvalue weighted by Gasteiger charge is 2.60. The second kappa shape index (κ2) is 12.1. The van der Waals surface area contributed by atoms with Gasteiger partial charge in [0.1, 0.15) is 6.10 Å². The lowest BCUT2D eigenvalue weighted by atomic mass is 9.46. The molecule has 0 saturated heterocycles. The number of benzene rings is 2. The summed E-state index contributed by atoms with van der Waals surface area (Å²) in [5.74, 6) is -0.343. The van der Waals surface area contributed by atoms with Crippen LogP contribution < -0.4 is 10.6 Å². The van der Waals surface area contributed by atoms with Crippen molar-refractivity contribution in [1.82, 2.24) is 5.32 Å². The fraction of sp³-hybridized carbons (Fsp3) is 0.533. The monoisotopic (exact) mass is 540 g/mol. The standard InChI is InChI=1S/C30H40N2O5S/c1-29-15-14-26(37-28(36)32-21-10-7-11-22(16-21)38-3)30(2,19-33)25(29)13-12-24(34)23(29)17-27(35)31-18-20-8-5-4-6-9-20/h4-11,16,23-26,33-34H,12-15,17-19H2,1-3H3,(H,31,35)(H,32,36). The maximum Gasteiger partial charge on any atom is 0.411 e. The predicted octanol–water partition coefficient (Wildman–Crippen LogP) is 5.22. The van der Waals surface area contributed by atoms with Crippen LogP contribution in [0.1, 0.15) is 51.5 Å². The Kier molecular flexibility index (Phi) is 9.06. The lowest BCUT2D eigenvalue weighted by Crippen LogP contribution is -2.61. The van der Waals surface area contributed by atoms with E-state index in [0.717, 1.165) is 10.5 Å². The zero-order valence-electron chi connectivity index (χ0n) is 22.5. The molecular weight excluding hydrogens is 500 g/mol. The van der Waals surface area contributed by atoms with Crippen LogP contribution >= 0.6 is 11.8 Å². The number of anilines is 1. The number of rotatable bonds is 8. The largest absolute Gasteiger partial charge is 0.445 e. The van der Waals surface area contributed by atoms with E-state index in [9.17, 15) is 19.8 Å². The van der Waals surface area contributed by atoms with Crippen LogP contribution in [-0.2, 0) is 16.1 Å². The molecule has 4 N–H and O–H groups in total. The predicted molar refractivity (Wildman–Crippen MR) is 150 cm³/mol. The number of thioether (sulfide) groups is 1. The summed E-state index contributed by atoms with van der Waals surface area (Å²) in [6.45, 7) is 4.41. The first kappa shape index (κ1) is 28.5. The third-order valence-electron chi connectivity index (χ3n) is 8.98. The molecule has 206 valence electrons. The fourth-order valence-corrected chi connectivity index (χ4v) is 7.29. The van der Waals surface area contributed by atoms with Crippen molar-refractivity contribution in [3.63, 3.8) is 0 Å². The normalized spacial score (nSPS) is 30.7. The molecule has 0 spiro atoms. The number of nitrogens with one attached hydrogen (secondary N) is 2. The first-order chi connectivity index (χ1) is 18.2. The third-order valence-corrected chi connectivity index (χ3v) is 9.70. The summed E-state index contributed by atoms with van der Waals surface area (Å²) in [6.07, 6.45) is 3.09. The molecular formula is C30H40N2O5S. The van der Waals surface area contributed by atoms with Crippen molar-refractivity contribution in [2.45, 2.75) is 69.6 Å². The van der Waals surface area contributed by atoms with Crippen molar-refractivity contribution in [2.75, 3.05) is 18.2 Å². The molecule has 0 radical (unpaired) electrons. The molecule has 4 rings (SSSR count). The highest BCUT2D eigenvalue weighted by atomic mass is 32.2.